The standard InChI is InChI=1S/C65H100N14O25/c1-74(31-50-70-41-8-4-5-9-42(41)71-50)64(103)38-10-11-40-39(26-38)30-79(65(104)45(69-40)27-54(89)90)17-7-3-2-6-16-66-62(101)43(12-14-51(86)67-28-46(82)58(97)60(99)48(84)36-80)73-63(102)44(13-15-52(87)68-29-47(83)59(98)61(100)49(85)37-81)72-53(88)32-75-18-20-76(33-55(91)92)22-24-78(35-57(95)96)25-23-77(21-19-75)34-56(93)94/h4-5,8-11,26,43-49,58-61,69,80-85,97-100H,2-3,6-7,12-25,27-37H2,1H3,(H,66,101)(H,67,86)(H,68,87)(H,70,71)(H,72,88)(H,73,102)(H,89,90)(H,91,92)(H,93,94)(H,95,96)/t43-,44-,45?,46+,47+,48-,49-,58-,59-,60+,61+/m0/s1. The van der Waals surface area contributed by atoms with E-state index in [-0.39, 0.29) is 84.4 Å². The summed E-state index contributed by atoms with van der Waals surface area (Å²) < 4.78 is 0. The minimum Gasteiger partial charge on any atom is -0.481 e. The van der Waals surface area contributed by atoms with Crippen molar-refractivity contribution < 1.29 is 124 Å². The van der Waals surface area contributed by atoms with E-state index in [1.54, 1.807) is 25.2 Å². The highest BCUT2D eigenvalue weighted by Gasteiger charge is 2.35. The fraction of sp³-hybridized carbons (Fsp3) is 0.631. The predicted molar refractivity (Wildman–Crippen MR) is 364 cm³/mol. The topological polar surface area (TPSA) is 591 Å². The Kier molecular flexibility index (Phi) is 36.0. The van der Waals surface area contributed by atoms with E-state index < -0.39 is 211 Å². The number of hydrogen-bond acceptors (Lipinski definition) is 27. The number of aliphatic carboxylic acids is 4. The molecule has 1 aromatic heterocycles. The molecule has 0 saturated carbocycles. The van der Waals surface area contributed by atoms with Crippen LogP contribution in [0.15, 0.2) is 42.5 Å². The number of carboxylic acid groups (broad SMARTS) is 4. The number of unbranched alkanes of at least 4 members (excludes halogenated alkanes) is 3. The molecule has 0 bridgehead atoms. The molecule has 1 fully saturated rings. The molecule has 21 N–H and O–H groups in total. The van der Waals surface area contributed by atoms with Gasteiger partial charge >= 0.3 is 23.9 Å². The molecule has 1 unspecified atom stereocenters. The fourth-order valence-electron chi connectivity index (χ4n) is 11.5. The summed E-state index contributed by atoms with van der Waals surface area (Å²) in [6.45, 7) is -5.02. The summed E-state index contributed by atoms with van der Waals surface area (Å²) >= 11 is 0. The molecule has 11 atom stereocenters. The molecular formula is C65H100N14O25. The number of nitrogens with zero attached hydrogens (tertiary/aromatic N) is 7. The maximum atomic E-state index is 14.6. The minimum absolute atomic E-state index is 0.0137. The quantitative estimate of drug-likeness (QED) is 0.0234. The van der Waals surface area contributed by atoms with Gasteiger partial charge in [0.05, 0.1) is 75.6 Å². The number of amides is 7. The van der Waals surface area contributed by atoms with Crippen LogP contribution in [0.1, 0.15) is 79.5 Å². The molecule has 3 heterocycles. The number of fused-ring (bicyclic) bond motifs is 2. The van der Waals surface area contributed by atoms with Crippen LogP contribution >= 0.6 is 0 Å². The molecule has 39 heteroatoms. The first-order valence-corrected chi connectivity index (χ1v) is 34.1. The van der Waals surface area contributed by atoms with Crippen molar-refractivity contribution in [1.29, 1.82) is 0 Å². The minimum atomic E-state index is -2.08. The number of hydrogen-bond donors (Lipinski definition) is 21. The highest BCUT2D eigenvalue weighted by molar-refractivity contribution is 5.96. The van der Waals surface area contributed by atoms with Crippen molar-refractivity contribution in [1.82, 2.24) is 66.0 Å². The zero-order valence-electron chi connectivity index (χ0n) is 57.8. The lowest BCUT2D eigenvalue weighted by atomic mass is 10.0. The normalized spacial score (nSPS) is 18.2. The van der Waals surface area contributed by atoms with Crippen LogP contribution in [-0.2, 0) is 61.0 Å². The fourth-order valence-corrected chi connectivity index (χ4v) is 11.5. The molecule has 580 valence electrons. The van der Waals surface area contributed by atoms with Crippen LogP contribution in [0.3, 0.4) is 0 Å². The van der Waals surface area contributed by atoms with Crippen LogP contribution in [-0.4, -0.2) is 368 Å². The molecule has 0 spiro atoms. The molecule has 2 aromatic carbocycles. The van der Waals surface area contributed by atoms with E-state index in [0.29, 0.717) is 48.3 Å². The maximum Gasteiger partial charge on any atom is 0.317 e. The number of anilines is 1. The van der Waals surface area contributed by atoms with Crippen LogP contribution in [0.4, 0.5) is 5.69 Å². The maximum absolute atomic E-state index is 14.6. The summed E-state index contributed by atoms with van der Waals surface area (Å²) in [5, 5.41) is 154. The Morgan fingerprint density at radius 2 is 1.05 bits per heavy atom. The lowest BCUT2D eigenvalue weighted by molar-refractivity contribution is -0.141. The molecule has 5 rings (SSSR count). The van der Waals surface area contributed by atoms with Gasteiger partial charge in [-0.3, -0.25) is 72.3 Å². The Hall–Kier alpha value is -8.68. The van der Waals surface area contributed by atoms with Gasteiger partial charge in [-0.1, -0.05) is 25.0 Å². The van der Waals surface area contributed by atoms with E-state index in [0.717, 1.165) is 11.0 Å². The number of rotatable bonds is 42. The van der Waals surface area contributed by atoms with Gasteiger partial charge in [0.15, 0.2) is 0 Å². The molecule has 104 heavy (non-hydrogen) atoms. The van der Waals surface area contributed by atoms with E-state index in [1.807, 2.05) is 24.3 Å². The largest absolute Gasteiger partial charge is 0.481 e. The third kappa shape index (κ3) is 29.1. The van der Waals surface area contributed by atoms with Crippen molar-refractivity contribution in [3.05, 3.63) is 59.4 Å². The van der Waals surface area contributed by atoms with Crippen LogP contribution in [0, 0.1) is 0 Å². The molecule has 1 saturated heterocycles. The summed E-state index contributed by atoms with van der Waals surface area (Å²) in [6, 6.07) is 7.73. The van der Waals surface area contributed by atoms with Crippen molar-refractivity contribution in [2.45, 2.75) is 138 Å². The predicted octanol–water partition coefficient (Wildman–Crippen LogP) is -7.78. The number of nitrogens with one attached hydrogen (secondary N) is 7. The molecule has 2 aliphatic heterocycles. The van der Waals surface area contributed by atoms with E-state index in [9.17, 15) is 124 Å². The summed E-state index contributed by atoms with van der Waals surface area (Å²) in [7, 11) is 1.62. The second kappa shape index (κ2) is 43.6. The smallest absolute Gasteiger partial charge is 0.317 e. The van der Waals surface area contributed by atoms with Crippen LogP contribution < -0.4 is 31.9 Å². The number of aliphatic hydroxyl groups is 10. The Labute approximate surface area is 597 Å². The van der Waals surface area contributed by atoms with Crippen LogP contribution in [0.25, 0.3) is 11.0 Å². The Balaban J connectivity index is 1.32. The average molecular weight is 1480 g/mol. The number of benzene rings is 2. The van der Waals surface area contributed by atoms with Gasteiger partial charge in [-0.2, -0.15) is 0 Å². The van der Waals surface area contributed by atoms with Gasteiger partial charge < -0.3 is 118 Å². The summed E-state index contributed by atoms with van der Waals surface area (Å²) in [5.41, 5.74) is 2.86. The average Bonchev–Trinajstić information content (AvgIpc) is 1.62. The highest BCUT2D eigenvalue weighted by atomic mass is 16.4. The Morgan fingerprint density at radius 3 is 1.54 bits per heavy atom. The van der Waals surface area contributed by atoms with Crippen molar-refractivity contribution >= 4 is 81.9 Å². The second-order valence-corrected chi connectivity index (χ2v) is 25.7. The molecule has 7 amide bonds. The van der Waals surface area contributed by atoms with Crippen LogP contribution in [0.5, 0.6) is 0 Å². The number of aliphatic hydroxyl groups excluding tert-OH is 10. The SMILES string of the molecule is CN(Cc1nc2ccccc2[nH]1)C(=O)c1ccc2c(c1)CN(CCCCCCNC(=O)[C@H](CCC(=O)NC[C@@H](O)[C@H](O)[C@H](O)[C@@H](O)CO)NC(=O)[C@H](CCC(=O)NC[C@@H](O)[C@H](O)[C@H](O)[C@@H](O)CO)NC(=O)CN1CCN(CC(=O)O)CCN(CC(=O)O)CCN(CC(=O)O)CC1)C(=O)C(CC(=O)O)N2. The highest BCUT2D eigenvalue weighted by Crippen LogP contribution is 2.27. The zero-order chi connectivity index (χ0) is 76.7. The molecule has 39 nitrogen and oxygen atoms in total. The third-order valence-corrected chi connectivity index (χ3v) is 17.5. The lowest BCUT2D eigenvalue weighted by Crippen LogP contribution is -2.56. The van der Waals surface area contributed by atoms with Crippen LogP contribution in [0.2, 0.25) is 0 Å². The first-order valence-electron chi connectivity index (χ1n) is 34.1. The number of aromatic amines is 1. The first kappa shape index (κ1) is 86.0. The van der Waals surface area contributed by atoms with Gasteiger partial charge in [0.2, 0.25) is 35.4 Å². The molecule has 3 aromatic rings. The van der Waals surface area contributed by atoms with Crippen molar-refractivity contribution in [3.63, 3.8) is 0 Å². The number of carbonyl (C=O) groups excluding carboxylic acids is 7. The van der Waals surface area contributed by atoms with E-state index >= 15 is 0 Å². The second-order valence-electron chi connectivity index (χ2n) is 25.7. The number of aromatic nitrogens is 2. The van der Waals surface area contributed by atoms with E-state index in [4.69, 9.17) is 0 Å². The molecule has 2 aliphatic rings. The van der Waals surface area contributed by atoms with Crippen molar-refractivity contribution in [2.75, 3.05) is 130 Å². The van der Waals surface area contributed by atoms with Gasteiger partial charge in [-0.25, -0.2) is 4.98 Å². The molecule has 0 aliphatic carbocycles. The monoisotopic (exact) mass is 1480 g/mol. The number of H-pyrrole nitrogens is 1. The van der Waals surface area contributed by atoms with Gasteiger partial charge in [-0.15, -0.1) is 0 Å². The van der Waals surface area contributed by atoms with Gasteiger partial charge in [0, 0.05) is 116 Å². The number of imidazole rings is 1. The van der Waals surface area contributed by atoms with E-state index in [1.165, 1.54) is 29.4 Å². The van der Waals surface area contributed by atoms with Gasteiger partial charge in [0.1, 0.15) is 60.6 Å². The zero-order valence-corrected chi connectivity index (χ0v) is 57.8. The molecule has 0 radical (unpaired) electrons. The Morgan fingerprint density at radius 1 is 0.567 bits per heavy atom. The number of para-hydroxylation sites is 2. The van der Waals surface area contributed by atoms with Gasteiger partial charge in [-0.05, 0) is 61.6 Å². The van der Waals surface area contributed by atoms with E-state index in [2.05, 4.69) is 41.9 Å². The number of carboxylic acids is 4. The molecular weight excluding hydrogens is 1380 g/mol. The van der Waals surface area contributed by atoms with Crippen molar-refractivity contribution in [3.8, 4) is 0 Å². The summed E-state index contributed by atoms with van der Waals surface area (Å²) in [5.74, 6) is -9.80. The lowest BCUT2D eigenvalue weighted by Gasteiger charge is -2.33. The Bertz CT molecular complexity index is 3270. The summed E-state index contributed by atoms with van der Waals surface area (Å²) in [6.07, 6.45) is -17.1. The van der Waals surface area contributed by atoms with Crippen molar-refractivity contribution in [2.24, 2.45) is 0 Å². The first-order chi connectivity index (χ1) is 49.3. The summed E-state index contributed by atoms with van der Waals surface area (Å²) in [4.78, 5) is 162. The number of carbonyl (C=O) groups is 11. The van der Waals surface area contributed by atoms with Gasteiger partial charge in [0.25, 0.3) is 5.91 Å². The third-order valence-electron chi connectivity index (χ3n) is 17.5.